The summed E-state index contributed by atoms with van der Waals surface area (Å²) in [5.74, 6) is -4.69. The molecular formula is C90H86Cl4N6O14. The number of ketones is 2. The van der Waals surface area contributed by atoms with Crippen LogP contribution in [0, 0.1) is 0 Å². The Morgan fingerprint density at radius 2 is 0.658 bits per heavy atom. The first-order chi connectivity index (χ1) is 54.9. The predicted molar refractivity (Wildman–Crippen MR) is 442 cm³/mol. The second-order valence-electron chi connectivity index (χ2n) is 29.2. The number of rotatable bonds is 34. The molecule has 2 fully saturated rings. The quantitative estimate of drug-likeness (QED) is 0.0165. The van der Waals surface area contributed by atoms with Gasteiger partial charge in [-0.25, -0.2) is 0 Å². The molecule has 2 aliphatic carbocycles. The van der Waals surface area contributed by atoms with Gasteiger partial charge in [-0.1, -0.05) is 160 Å². The van der Waals surface area contributed by atoms with Crippen LogP contribution >= 0.6 is 46.4 Å². The van der Waals surface area contributed by atoms with Gasteiger partial charge in [-0.3, -0.25) is 57.7 Å². The van der Waals surface area contributed by atoms with E-state index in [0.29, 0.717) is 51.6 Å². The number of carbonyl (C=O) groups excluding carboxylic acids is 10. The Balaban J connectivity index is 1.11. The van der Waals surface area contributed by atoms with Gasteiger partial charge in [0.15, 0.2) is 11.6 Å². The zero-order valence-electron chi connectivity index (χ0n) is 63.5. The number of allylic oxidation sites excluding steroid dienone is 2. The highest BCUT2D eigenvalue weighted by molar-refractivity contribution is 6.46. The molecule has 2 aliphatic heterocycles. The van der Waals surface area contributed by atoms with Gasteiger partial charge in [0.2, 0.25) is 11.8 Å². The van der Waals surface area contributed by atoms with E-state index in [1.165, 1.54) is 24.3 Å². The van der Waals surface area contributed by atoms with Gasteiger partial charge >= 0.3 is 0 Å². The number of nitrogens with one attached hydrogen (secondary N) is 2. The third-order valence-electron chi connectivity index (χ3n) is 21.8. The number of halogens is 4. The molecule has 8 amide bonds. The second kappa shape index (κ2) is 35.6. The Labute approximate surface area is 680 Å². The molecule has 588 valence electrons. The van der Waals surface area contributed by atoms with Crippen molar-refractivity contribution >= 4 is 148 Å². The summed E-state index contributed by atoms with van der Waals surface area (Å²) < 4.78 is 29.0. The van der Waals surface area contributed by atoms with E-state index in [-0.39, 0.29) is 181 Å². The SMILES string of the molecule is C=C(Cl)C(=O)CCCc1ccc(Oc2cc3c4c(cc(Oc5ccc(CCCC(=O)C(=C)Cl)cc5)c5c6c(Oc7ccc(CCNC(=O)C(=C)Cl)cc7)cc7c8c(cc(Oc9ccc(CCNC(=O)C(=C)Cl)cc9)c(c2c45)c86)C(=O)N(CC(=O)N(CC)C2CCCCC2)C7=O)C(=O)N(CC(=O)N(CC)C2CCCCC2)C3=O)cc1. The average molecular weight is 1620 g/mol. The molecule has 9 aromatic rings. The minimum Gasteiger partial charge on any atom is -0.457 e. The second-order valence-corrected chi connectivity index (χ2v) is 31.0. The molecule has 24 heteroatoms. The van der Waals surface area contributed by atoms with Crippen LogP contribution < -0.4 is 29.6 Å². The van der Waals surface area contributed by atoms with Crippen LogP contribution in [-0.4, -0.2) is 130 Å². The van der Waals surface area contributed by atoms with Gasteiger partial charge in [0.05, 0.1) is 42.4 Å². The molecule has 0 spiro atoms. The third kappa shape index (κ3) is 17.4. The van der Waals surface area contributed by atoms with Crippen LogP contribution in [0.4, 0.5) is 0 Å². The number of aryl methyl sites for hydroxylation is 2. The van der Waals surface area contributed by atoms with Gasteiger partial charge in [0, 0.05) is 94.2 Å². The Kier molecular flexibility index (Phi) is 25.4. The van der Waals surface area contributed by atoms with Crippen LogP contribution in [0.5, 0.6) is 46.0 Å². The van der Waals surface area contributed by atoms with Crippen molar-refractivity contribution in [1.82, 2.24) is 30.2 Å². The summed E-state index contributed by atoms with van der Waals surface area (Å²) >= 11 is 23.8. The van der Waals surface area contributed by atoms with Crippen LogP contribution in [-0.2, 0) is 54.5 Å². The van der Waals surface area contributed by atoms with Crippen molar-refractivity contribution in [2.75, 3.05) is 39.3 Å². The predicted octanol–water partition coefficient (Wildman–Crippen LogP) is 18.6. The molecule has 0 saturated heterocycles. The number of amides is 8. The minimum atomic E-state index is -0.815. The Morgan fingerprint density at radius 3 is 0.912 bits per heavy atom. The van der Waals surface area contributed by atoms with Crippen molar-refractivity contribution in [2.45, 2.75) is 142 Å². The molecule has 2 heterocycles. The Bertz CT molecular complexity index is 4790. The highest BCUT2D eigenvalue weighted by atomic mass is 35.5. The summed E-state index contributed by atoms with van der Waals surface area (Å²) in [7, 11) is 0. The van der Waals surface area contributed by atoms with Crippen molar-refractivity contribution < 1.29 is 66.9 Å². The van der Waals surface area contributed by atoms with Crippen LogP contribution in [0.25, 0.3) is 43.1 Å². The van der Waals surface area contributed by atoms with E-state index in [4.69, 9.17) is 65.4 Å². The fourth-order valence-electron chi connectivity index (χ4n) is 16.1. The smallest absolute Gasteiger partial charge is 0.262 e. The summed E-state index contributed by atoms with van der Waals surface area (Å²) in [5, 5.41) is 6.47. The standard InChI is InChI=1S/C90H86Cl4N6O14/c1-7-97(59-19-11-9-12-20-59)75(103)49-99-87(107)65-45-71(111-61-33-25-55(26-34-61)17-15-23-69(101)51(3)91)79-81-73(113-63-37-29-57(30-38-63)41-43-95-85(105)53(5)93)47-67-78-68(90(110)100(89(67)109)50-76(104)98(8-2)60-21-13-10-14-22-60)48-74(114-64-39-31-58(32-40-64)42-44-96-86(106)54(6)94)82(84(78)81)80-72(46-66(88(99)108)77(65)83(79)80)112-62-35-27-56(28-36-62)18-16-24-70(102)52(4)92/h25-40,45-48,59-60H,3-24,41-44,49-50H2,1-2H3,(H,95,105)(H,96,106). The number of benzene rings is 9. The molecule has 4 aliphatic rings. The number of Topliss-reactive ketones (excluding diaryl/α,β-unsaturated/α-hetero) is 2. The average Bonchev–Trinajstić information content (AvgIpc) is 0.671. The van der Waals surface area contributed by atoms with E-state index in [2.05, 4.69) is 36.9 Å². The van der Waals surface area contributed by atoms with Crippen LogP contribution in [0.15, 0.2) is 168 Å². The van der Waals surface area contributed by atoms with E-state index in [0.717, 1.165) is 96.3 Å². The molecule has 0 bridgehead atoms. The zero-order chi connectivity index (χ0) is 80.8. The maximum absolute atomic E-state index is 16.2. The van der Waals surface area contributed by atoms with Gasteiger partial charge in [-0.2, -0.15) is 0 Å². The summed E-state index contributed by atoms with van der Waals surface area (Å²) in [4.78, 5) is 150. The van der Waals surface area contributed by atoms with Crippen LogP contribution in [0.1, 0.15) is 167 Å². The van der Waals surface area contributed by atoms with Crippen LogP contribution in [0.3, 0.4) is 0 Å². The zero-order valence-corrected chi connectivity index (χ0v) is 66.5. The number of hydrogen-bond acceptors (Lipinski definition) is 14. The van der Waals surface area contributed by atoms with E-state index in [1.54, 1.807) is 82.6 Å². The summed E-state index contributed by atoms with van der Waals surface area (Å²) in [6.07, 6.45) is 11.7. The normalized spacial score (nSPS) is 14.3. The molecule has 0 radical (unpaired) electrons. The summed E-state index contributed by atoms with van der Waals surface area (Å²) in [6.45, 7) is 17.8. The molecule has 114 heavy (non-hydrogen) atoms. The fourth-order valence-corrected chi connectivity index (χ4v) is 16.5. The number of hydrogen-bond donors (Lipinski definition) is 2. The highest BCUT2D eigenvalue weighted by Gasteiger charge is 2.44. The van der Waals surface area contributed by atoms with Crippen molar-refractivity contribution in [3.63, 3.8) is 0 Å². The van der Waals surface area contributed by atoms with E-state index in [9.17, 15) is 28.8 Å². The van der Waals surface area contributed by atoms with Gasteiger partial charge < -0.3 is 39.4 Å². The third-order valence-corrected chi connectivity index (χ3v) is 22.6. The topological polar surface area (TPSA) is 245 Å². The van der Waals surface area contributed by atoms with E-state index < -0.39 is 60.3 Å². The summed E-state index contributed by atoms with van der Waals surface area (Å²) in [5.41, 5.74) is 3.10. The fraction of sp³-hybridized carbons (Fsp3) is 0.311. The maximum atomic E-state index is 16.2. The lowest BCUT2D eigenvalue weighted by atomic mass is 9.80. The molecule has 0 aromatic heterocycles. The largest absolute Gasteiger partial charge is 0.457 e. The van der Waals surface area contributed by atoms with Crippen molar-refractivity contribution in [3.8, 4) is 46.0 Å². The molecule has 0 unspecified atom stereocenters. The first-order valence-electron chi connectivity index (χ1n) is 38.6. The number of ether oxygens (including phenoxy) is 4. The monoisotopic (exact) mass is 1610 g/mol. The van der Waals surface area contributed by atoms with E-state index >= 15 is 19.2 Å². The van der Waals surface area contributed by atoms with Crippen LogP contribution in [0.2, 0.25) is 0 Å². The lowest BCUT2D eigenvalue weighted by molar-refractivity contribution is -0.135. The number of nitrogens with zero attached hydrogens (tertiary/aromatic N) is 4. The minimum absolute atomic E-state index is 0.00180. The maximum Gasteiger partial charge on any atom is 0.262 e. The lowest BCUT2D eigenvalue weighted by Crippen LogP contribution is -2.50. The highest BCUT2D eigenvalue weighted by Crippen LogP contribution is 2.58. The number of fused-ring (bicyclic) bond motifs is 2. The number of carbonyl (C=O) groups is 10. The Morgan fingerprint density at radius 1 is 0.386 bits per heavy atom. The Hall–Kier alpha value is -10.9. The van der Waals surface area contributed by atoms with Gasteiger partial charge in [0.1, 0.15) is 59.1 Å². The molecule has 9 aromatic carbocycles. The van der Waals surface area contributed by atoms with Gasteiger partial charge in [0.25, 0.3) is 35.4 Å². The first kappa shape index (κ1) is 81.1. The van der Waals surface area contributed by atoms with Crippen molar-refractivity contribution in [3.05, 3.63) is 212 Å². The van der Waals surface area contributed by atoms with Crippen molar-refractivity contribution in [1.29, 1.82) is 0 Å². The molecular weight excluding hydrogens is 1530 g/mol. The summed E-state index contributed by atoms with van der Waals surface area (Å²) in [6, 6.07) is 34.2. The molecule has 2 N–H and O–H groups in total. The van der Waals surface area contributed by atoms with Gasteiger partial charge in [-0.05, 0) is 173 Å². The number of imide groups is 2. The first-order valence-corrected chi connectivity index (χ1v) is 40.2. The molecule has 20 nitrogen and oxygen atoms in total. The lowest BCUT2D eigenvalue weighted by Gasteiger charge is -2.36. The number of likely N-dealkylation sites (N-methyl/N-ethyl adjacent to an activating group) is 2. The molecule has 13 rings (SSSR count). The molecule has 2 saturated carbocycles. The van der Waals surface area contributed by atoms with Crippen molar-refractivity contribution in [2.24, 2.45) is 0 Å². The van der Waals surface area contributed by atoms with Gasteiger partial charge in [-0.15, -0.1) is 0 Å². The molecule has 0 atom stereocenters. The van der Waals surface area contributed by atoms with E-state index in [1.807, 2.05) is 38.1 Å².